The Labute approximate surface area is 193 Å². The van der Waals surface area contributed by atoms with Crippen molar-refractivity contribution in [1.29, 1.82) is 0 Å². The zero-order valence-corrected chi connectivity index (χ0v) is 19.9. The van der Waals surface area contributed by atoms with Gasteiger partial charge in [0.1, 0.15) is 0 Å². The first-order valence-corrected chi connectivity index (χ1v) is 12.7. The van der Waals surface area contributed by atoms with E-state index >= 15 is 0 Å². The third-order valence-corrected chi connectivity index (χ3v) is 7.72. The molecule has 6 nitrogen and oxygen atoms in total. The zero-order chi connectivity index (χ0) is 22.2. The van der Waals surface area contributed by atoms with Crippen LogP contribution >= 0.6 is 0 Å². The predicted molar refractivity (Wildman–Crippen MR) is 131 cm³/mol. The highest BCUT2D eigenvalue weighted by atomic mass is 16.2. The van der Waals surface area contributed by atoms with Crippen molar-refractivity contribution >= 4 is 11.9 Å². The highest BCUT2D eigenvalue weighted by molar-refractivity contribution is 5.80. The van der Waals surface area contributed by atoms with Crippen molar-refractivity contribution in [1.82, 2.24) is 20.4 Å². The maximum absolute atomic E-state index is 12.1. The van der Waals surface area contributed by atoms with Gasteiger partial charge in [0.2, 0.25) is 5.91 Å². The SMILES string of the molecule is CN=C(NCc1ccccc1CN1CCCC1=O)NCC1(N2CCCCC2)CCCCC1. The van der Waals surface area contributed by atoms with E-state index in [0.29, 0.717) is 19.5 Å². The quantitative estimate of drug-likeness (QED) is 0.503. The van der Waals surface area contributed by atoms with Crippen LogP contribution < -0.4 is 10.6 Å². The minimum Gasteiger partial charge on any atom is -0.355 e. The van der Waals surface area contributed by atoms with Crippen molar-refractivity contribution in [2.45, 2.75) is 82.8 Å². The van der Waals surface area contributed by atoms with Crippen molar-refractivity contribution in [2.24, 2.45) is 4.99 Å². The summed E-state index contributed by atoms with van der Waals surface area (Å²) in [5.74, 6) is 1.15. The van der Waals surface area contributed by atoms with Crippen LogP contribution in [-0.4, -0.2) is 60.4 Å². The highest BCUT2D eigenvalue weighted by Gasteiger charge is 2.38. The van der Waals surface area contributed by atoms with Gasteiger partial charge in [0, 0.05) is 45.2 Å². The van der Waals surface area contributed by atoms with Gasteiger partial charge in [-0.3, -0.25) is 14.7 Å². The average molecular weight is 440 g/mol. The summed E-state index contributed by atoms with van der Waals surface area (Å²) in [6.45, 7) is 5.76. The molecular weight excluding hydrogens is 398 g/mol. The fourth-order valence-electron chi connectivity index (χ4n) is 5.79. The molecule has 2 heterocycles. The molecule has 0 radical (unpaired) electrons. The summed E-state index contributed by atoms with van der Waals surface area (Å²) in [5.41, 5.74) is 2.74. The number of carbonyl (C=O) groups excluding carboxylic acids is 1. The van der Waals surface area contributed by atoms with E-state index in [1.165, 1.54) is 75.6 Å². The Kier molecular flexibility index (Phi) is 8.06. The van der Waals surface area contributed by atoms with E-state index in [-0.39, 0.29) is 11.4 Å². The molecule has 2 N–H and O–H groups in total. The van der Waals surface area contributed by atoms with E-state index < -0.39 is 0 Å². The second kappa shape index (κ2) is 11.2. The summed E-state index contributed by atoms with van der Waals surface area (Å²) >= 11 is 0. The molecule has 1 saturated carbocycles. The number of piperidine rings is 1. The van der Waals surface area contributed by atoms with Crippen LogP contribution in [0.2, 0.25) is 0 Å². The van der Waals surface area contributed by atoms with Crippen LogP contribution in [-0.2, 0) is 17.9 Å². The number of nitrogens with zero attached hydrogens (tertiary/aromatic N) is 3. The number of rotatable bonds is 7. The van der Waals surface area contributed by atoms with Crippen molar-refractivity contribution in [3.05, 3.63) is 35.4 Å². The second-order valence-electron chi connectivity index (χ2n) is 9.80. The largest absolute Gasteiger partial charge is 0.355 e. The van der Waals surface area contributed by atoms with E-state index in [0.717, 1.165) is 25.5 Å². The fourth-order valence-corrected chi connectivity index (χ4v) is 5.79. The highest BCUT2D eigenvalue weighted by Crippen LogP contribution is 2.35. The number of guanidine groups is 1. The minimum absolute atomic E-state index is 0.278. The van der Waals surface area contributed by atoms with Gasteiger partial charge < -0.3 is 15.5 Å². The number of nitrogens with one attached hydrogen (secondary N) is 2. The fraction of sp³-hybridized carbons (Fsp3) is 0.692. The molecule has 0 unspecified atom stereocenters. The van der Waals surface area contributed by atoms with E-state index in [2.05, 4.69) is 44.8 Å². The third kappa shape index (κ3) is 5.64. The van der Waals surface area contributed by atoms with Crippen LogP contribution in [0.3, 0.4) is 0 Å². The van der Waals surface area contributed by atoms with Gasteiger partial charge >= 0.3 is 0 Å². The van der Waals surface area contributed by atoms with Crippen LogP contribution in [0.1, 0.15) is 75.3 Å². The van der Waals surface area contributed by atoms with E-state index in [9.17, 15) is 4.79 Å². The Morgan fingerprint density at radius 3 is 2.34 bits per heavy atom. The molecule has 0 spiro atoms. The van der Waals surface area contributed by atoms with E-state index in [4.69, 9.17) is 0 Å². The molecule has 0 bridgehead atoms. The summed E-state index contributed by atoms with van der Waals surface area (Å²) in [6.07, 6.45) is 12.4. The number of hydrogen-bond acceptors (Lipinski definition) is 3. The molecule has 2 saturated heterocycles. The monoisotopic (exact) mass is 439 g/mol. The van der Waals surface area contributed by atoms with Gasteiger partial charge in [0.25, 0.3) is 0 Å². The van der Waals surface area contributed by atoms with Crippen LogP contribution in [0.15, 0.2) is 29.3 Å². The molecule has 1 aromatic rings. The summed E-state index contributed by atoms with van der Waals surface area (Å²) in [5, 5.41) is 7.22. The lowest BCUT2D eigenvalue weighted by atomic mass is 9.79. The molecule has 1 aromatic carbocycles. The molecule has 6 heteroatoms. The summed E-state index contributed by atoms with van der Waals surface area (Å²) in [4.78, 5) is 21.4. The summed E-state index contributed by atoms with van der Waals surface area (Å²) in [6, 6.07) is 8.45. The molecule has 176 valence electrons. The molecule has 32 heavy (non-hydrogen) atoms. The molecule has 4 rings (SSSR count). The van der Waals surface area contributed by atoms with Gasteiger partial charge in [0.05, 0.1) is 0 Å². The van der Waals surface area contributed by atoms with Crippen molar-refractivity contribution in [3.63, 3.8) is 0 Å². The van der Waals surface area contributed by atoms with Gasteiger partial charge in [-0.15, -0.1) is 0 Å². The van der Waals surface area contributed by atoms with Crippen LogP contribution in [0.25, 0.3) is 0 Å². The molecule has 2 aliphatic heterocycles. The van der Waals surface area contributed by atoms with Gasteiger partial charge in [-0.05, 0) is 56.3 Å². The molecule has 1 aliphatic carbocycles. The molecule has 0 atom stereocenters. The lowest BCUT2D eigenvalue weighted by molar-refractivity contribution is -0.128. The van der Waals surface area contributed by atoms with Crippen molar-refractivity contribution in [2.75, 3.05) is 33.2 Å². The molecule has 0 aromatic heterocycles. The minimum atomic E-state index is 0.278. The standard InChI is InChI=1S/C26H41N5O/c1-27-25(29-21-26(14-6-2-7-15-26)31-17-8-3-9-18-31)28-19-22-11-4-5-12-23(22)20-30-16-10-13-24(30)32/h4-5,11-12H,2-3,6-10,13-21H2,1H3,(H2,27,28,29). The number of amides is 1. The van der Waals surface area contributed by atoms with Crippen LogP contribution in [0, 0.1) is 0 Å². The normalized spacial score (nSPS) is 22.2. The predicted octanol–water partition coefficient (Wildman–Crippen LogP) is 3.66. The van der Waals surface area contributed by atoms with Crippen molar-refractivity contribution in [3.8, 4) is 0 Å². The number of aliphatic imine (C=N–C) groups is 1. The Balaban J connectivity index is 1.35. The van der Waals surface area contributed by atoms with Gasteiger partial charge in [-0.2, -0.15) is 0 Å². The first-order chi connectivity index (χ1) is 15.7. The smallest absolute Gasteiger partial charge is 0.222 e. The number of carbonyl (C=O) groups is 1. The van der Waals surface area contributed by atoms with E-state index in [1.807, 2.05) is 11.9 Å². The van der Waals surface area contributed by atoms with E-state index in [1.54, 1.807) is 0 Å². The average Bonchev–Trinajstić information content (AvgIpc) is 3.25. The lowest BCUT2D eigenvalue weighted by Crippen LogP contribution is -2.59. The second-order valence-corrected chi connectivity index (χ2v) is 9.80. The Hall–Kier alpha value is -2.08. The van der Waals surface area contributed by atoms with Crippen LogP contribution in [0.4, 0.5) is 0 Å². The summed E-state index contributed by atoms with van der Waals surface area (Å²) in [7, 11) is 1.86. The lowest BCUT2D eigenvalue weighted by Gasteiger charge is -2.48. The Morgan fingerprint density at radius 1 is 0.938 bits per heavy atom. The van der Waals surface area contributed by atoms with Crippen LogP contribution in [0.5, 0.6) is 0 Å². The maximum atomic E-state index is 12.1. The zero-order valence-electron chi connectivity index (χ0n) is 19.9. The van der Waals surface area contributed by atoms with Gasteiger partial charge in [0.15, 0.2) is 5.96 Å². The summed E-state index contributed by atoms with van der Waals surface area (Å²) < 4.78 is 0. The Bertz CT molecular complexity index is 780. The molecular formula is C26H41N5O. The first kappa shape index (κ1) is 23.1. The molecule has 1 amide bonds. The van der Waals surface area contributed by atoms with Gasteiger partial charge in [-0.25, -0.2) is 0 Å². The number of hydrogen-bond donors (Lipinski definition) is 2. The van der Waals surface area contributed by atoms with Gasteiger partial charge in [-0.1, -0.05) is 49.9 Å². The topological polar surface area (TPSA) is 60.0 Å². The maximum Gasteiger partial charge on any atom is 0.222 e. The Morgan fingerprint density at radius 2 is 1.66 bits per heavy atom. The third-order valence-electron chi connectivity index (χ3n) is 7.72. The molecule has 3 aliphatic rings. The number of benzene rings is 1. The molecule has 3 fully saturated rings. The first-order valence-electron chi connectivity index (χ1n) is 12.7. The van der Waals surface area contributed by atoms with Crippen molar-refractivity contribution < 1.29 is 4.79 Å². The number of likely N-dealkylation sites (tertiary alicyclic amines) is 2.